The van der Waals surface area contributed by atoms with Gasteiger partial charge in [0.1, 0.15) is 17.2 Å². The van der Waals surface area contributed by atoms with Crippen molar-refractivity contribution in [2.24, 2.45) is 16.2 Å². The Hall–Kier alpha value is -4.69. The Morgan fingerprint density at radius 2 is 1.85 bits per heavy atom. The van der Waals surface area contributed by atoms with Crippen LogP contribution >= 0.6 is 0 Å². The topological polar surface area (TPSA) is 151 Å². The van der Waals surface area contributed by atoms with Gasteiger partial charge >= 0.3 is 12.1 Å². The number of carbonyl (C=O) groups is 2. The van der Waals surface area contributed by atoms with Crippen molar-refractivity contribution in [2.45, 2.75) is 45.6 Å². The second kappa shape index (κ2) is 11.6. The van der Waals surface area contributed by atoms with E-state index in [2.05, 4.69) is 15.3 Å². The molecule has 12 nitrogen and oxygen atoms in total. The molecule has 40 heavy (non-hydrogen) atoms. The molecule has 2 N–H and O–H groups in total. The molecule has 0 bridgehead atoms. The van der Waals surface area contributed by atoms with E-state index in [0.29, 0.717) is 19.0 Å². The minimum absolute atomic E-state index is 0.154. The second-order valence-corrected chi connectivity index (χ2v) is 9.13. The maximum Gasteiger partial charge on any atom is 0.511 e. The molecule has 2 unspecified atom stereocenters. The van der Waals surface area contributed by atoms with Crippen molar-refractivity contribution in [1.29, 1.82) is 0 Å². The number of hydrogen-bond donors (Lipinski definition) is 1. The van der Waals surface area contributed by atoms with Gasteiger partial charge in [0.25, 0.3) is 0 Å². The largest absolute Gasteiger partial charge is 0.511 e. The summed E-state index contributed by atoms with van der Waals surface area (Å²) in [6, 6.07) is 3.19. The smallest absolute Gasteiger partial charge is 0.431 e. The van der Waals surface area contributed by atoms with Crippen LogP contribution in [-0.4, -0.2) is 53.2 Å². The number of pyridine rings is 2. The first kappa shape index (κ1) is 28.3. The Bertz CT molecular complexity index is 1550. The third-order valence-electron chi connectivity index (χ3n) is 5.86. The average molecular weight is 563 g/mol. The van der Waals surface area contributed by atoms with Gasteiger partial charge < -0.3 is 25.0 Å². The lowest BCUT2D eigenvalue weighted by Gasteiger charge is -2.20. The molecule has 1 saturated heterocycles. The van der Waals surface area contributed by atoms with Crippen LogP contribution in [0.25, 0.3) is 16.7 Å². The molecule has 4 rings (SSSR count). The zero-order chi connectivity index (χ0) is 29.1. The van der Waals surface area contributed by atoms with E-state index in [1.165, 1.54) is 6.92 Å². The Labute approximate surface area is 225 Å². The first-order valence-electron chi connectivity index (χ1n) is 12.1. The molecule has 3 aromatic rings. The lowest BCUT2D eigenvalue weighted by atomic mass is 10.1. The molecule has 2 atom stereocenters. The van der Waals surface area contributed by atoms with Crippen LogP contribution in [0.3, 0.4) is 0 Å². The van der Waals surface area contributed by atoms with E-state index in [-0.39, 0.29) is 35.1 Å². The number of esters is 1. The van der Waals surface area contributed by atoms with E-state index >= 15 is 4.39 Å². The molecular weight excluding hydrogens is 537 g/mol. The first-order chi connectivity index (χ1) is 19.0. The fourth-order valence-electron chi connectivity index (χ4n) is 4.16. The summed E-state index contributed by atoms with van der Waals surface area (Å²) in [6.07, 6.45) is -1.65. The predicted octanol–water partition coefficient (Wildman–Crippen LogP) is 3.77. The van der Waals surface area contributed by atoms with E-state index in [0.717, 1.165) is 29.0 Å². The van der Waals surface area contributed by atoms with Crippen molar-refractivity contribution in [1.82, 2.24) is 9.55 Å². The van der Waals surface area contributed by atoms with Gasteiger partial charge in [-0.15, -0.1) is 0 Å². The number of aromatic nitrogens is 2. The quantitative estimate of drug-likeness (QED) is 0.149. The Morgan fingerprint density at radius 1 is 1.10 bits per heavy atom. The zero-order valence-electron chi connectivity index (χ0n) is 21.6. The third kappa shape index (κ3) is 5.97. The number of hydrogen-bond acceptors (Lipinski definition) is 10. The highest BCUT2D eigenvalue weighted by molar-refractivity contribution is 5.94. The summed E-state index contributed by atoms with van der Waals surface area (Å²) >= 11 is 0. The summed E-state index contributed by atoms with van der Waals surface area (Å²) in [5, 5.41) is 6.74. The van der Waals surface area contributed by atoms with Crippen LogP contribution in [0, 0.1) is 17.5 Å². The summed E-state index contributed by atoms with van der Waals surface area (Å²) in [6.45, 7) is 4.94. The van der Waals surface area contributed by atoms with Crippen LogP contribution in [0.5, 0.6) is 0 Å². The molecule has 1 fully saturated rings. The van der Waals surface area contributed by atoms with Crippen LogP contribution in [0.4, 0.5) is 23.8 Å². The van der Waals surface area contributed by atoms with Crippen molar-refractivity contribution < 1.29 is 37.0 Å². The standard InChI is InChI=1S/C25H25F3N6O6/c1-12(2)38-25(37)40-13(3)39-24(36)17-11-34(20-5-4-14(26)8-18(20)27)22-16(21(17)35)9-19(28)23(30-22)33-7-6-15(10-33)31-32-29/h4-5,8-9,11-13,15H,6-7,10H2,1-3H3,(H2,29,31). The third-order valence-corrected chi connectivity index (χ3v) is 5.86. The SMILES string of the molecule is CC(C)OC(=O)OC(C)OC(=O)c1cn(-c2ccc(F)cc2F)c2nc(N3CCC(N=NN)C3)c(F)cc2c1=O. The fraction of sp³-hybridized carbons (Fsp3) is 0.360. The number of ether oxygens (including phenoxy) is 3. The van der Waals surface area contributed by atoms with Gasteiger partial charge in [-0.3, -0.25) is 9.36 Å². The molecule has 0 saturated carbocycles. The van der Waals surface area contributed by atoms with E-state index in [1.807, 2.05) is 0 Å². The minimum Gasteiger partial charge on any atom is -0.431 e. The van der Waals surface area contributed by atoms with Crippen molar-refractivity contribution >= 4 is 29.0 Å². The van der Waals surface area contributed by atoms with Gasteiger partial charge in [0, 0.05) is 32.3 Å². The number of rotatable bonds is 7. The van der Waals surface area contributed by atoms with Gasteiger partial charge in [-0.25, -0.2) is 27.7 Å². The van der Waals surface area contributed by atoms with E-state index in [9.17, 15) is 23.2 Å². The number of carbonyl (C=O) groups excluding carboxylic acids is 2. The molecule has 0 aliphatic carbocycles. The van der Waals surface area contributed by atoms with Crippen LogP contribution in [0.1, 0.15) is 37.6 Å². The van der Waals surface area contributed by atoms with Crippen molar-refractivity contribution in [3.63, 3.8) is 0 Å². The molecule has 1 aliphatic rings. The molecule has 0 amide bonds. The zero-order valence-corrected chi connectivity index (χ0v) is 21.6. The van der Waals surface area contributed by atoms with Crippen LogP contribution in [0.2, 0.25) is 0 Å². The summed E-state index contributed by atoms with van der Waals surface area (Å²) in [5.41, 5.74) is -2.13. The lowest BCUT2D eigenvalue weighted by molar-refractivity contribution is -0.0867. The maximum atomic E-state index is 15.3. The summed E-state index contributed by atoms with van der Waals surface area (Å²) in [5.74, 6) is 0.895. The highest BCUT2D eigenvalue weighted by atomic mass is 19.1. The van der Waals surface area contributed by atoms with Crippen molar-refractivity contribution in [3.05, 3.63) is 63.7 Å². The highest BCUT2D eigenvalue weighted by Gasteiger charge is 2.28. The molecule has 2 aromatic heterocycles. The van der Waals surface area contributed by atoms with Gasteiger partial charge in [0.15, 0.2) is 17.3 Å². The monoisotopic (exact) mass is 562 g/mol. The van der Waals surface area contributed by atoms with Gasteiger partial charge in [-0.1, -0.05) is 5.22 Å². The number of benzene rings is 1. The normalized spacial score (nSPS) is 16.1. The maximum absolute atomic E-state index is 15.3. The number of anilines is 1. The van der Waals surface area contributed by atoms with Crippen LogP contribution < -0.4 is 16.2 Å². The molecule has 15 heteroatoms. The van der Waals surface area contributed by atoms with Gasteiger partial charge in [-0.2, -0.15) is 5.11 Å². The van der Waals surface area contributed by atoms with Crippen LogP contribution in [0.15, 0.2) is 45.6 Å². The molecule has 0 spiro atoms. The average Bonchev–Trinajstić information content (AvgIpc) is 3.32. The minimum atomic E-state index is -1.48. The molecular formula is C25H25F3N6O6. The van der Waals surface area contributed by atoms with E-state index in [4.69, 9.17) is 20.1 Å². The molecule has 0 radical (unpaired) electrons. The summed E-state index contributed by atoms with van der Waals surface area (Å²) in [4.78, 5) is 43.8. The molecule has 1 aliphatic heterocycles. The van der Waals surface area contributed by atoms with E-state index < -0.39 is 53.0 Å². The number of fused-ring (bicyclic) bond motifs is 1. The second-order valence-electron chi connectivity index (χ2n) is 9.13. The molecule has 3 heterocycles. The lowest BCUT2D eigenvalue weighted by Crippen LogP contribution is -2.28. The molecule has 212 valence electrons. The Morgan fingerprint density at radius 3 is 2.52 bits per heavy atom. The van der Waals surface area contributed by atoms with E-state index in [1.54, 1.807) is 18.7 Å². The first-order valence-corrected chi connectivity index (χ1v) is 12.1. The Kier molecular flexibility index (Phi) is 8.21. The number of halogens is 3. The van der Waals surface area contributed by atoms with Crippen molar-refractivity contribution in [3.8, 4) is 5.69 Å². The summed E-state index contributed by atoms with van der Waals surface area (Å²) in [7, 11) is 0. The van der Waals surface area contributed by atoms with Crippen molar-refractivity contribution in [2.75, 3.05) is 18.0 Å². The highest BCUT2D eigenvalue weighted by Crippen LogP contribution is 2.28. The van der Waals surface area contributed by atoms with Gasteiger partial charge in [-0.05, 0) is 38.5 Å². The molecule has 1 aromatic carbocycles. The van der Waals surface area contributed by atoms with Gasteiger partial charge in [0.05, 0.1) is 23.2 Å². The summed E-state index contributed by atoms with van der Waals surface area (Å²) < 4.78 is 59.6. The predicted molar refractivity (Wildman–Crippen MR) is 134 cm³/mol. The number of nitrogens with two attached hydrogens (primary N) is 1. The fourth-order valence-corrected chi connectivity index (χ4v) is 4.16. The Balaban J connectivity index is 1.81. The van der Waals surface area contributed by atoms with Gasteiger partial charge in [0.2, 0.25) is 11.7 Å². The van der Waals surface area contributed by atoms with Crippen LogP contribution in [-0.2, 0) is 14.2 Å². The number of nitrogens with zero attached hydrogens (tertiary/aromatic N) is 5.